The highest BCUT2D eigenvalue weighted by atomic mass is 35.5. The van der Waals surface area contributed by atoms with Crippen molar-refractivity contribution in [1.82, 2.24) is 4.98 Å². The smallest absolute Gasteiger partial charge is 0.221 e. The molecule has 0 saturated carbocycles. The molecule has 0 aliphatic rings. The van der Waals surface area contributed by atoms with Gasteiger partial charge in [0.15, 0.2) is 0 Å². The molecule has 0 spiro atoms. The Morgan fingerprint density at radius 3 is 2.48 bits per heavy atom. The maximum Gasteiger partial charge on any atom is 0.221 e. The molecule has 0 atom stereocenters. The summed E-state index contributed by atoms with van der Waals surface area (Å²) in [5, 5.41) is -0.255. The van der Waals surface area contributed by atoms with Crippen LogP contribution in [0.1, 0.15) is 36.8 Å². The molecule has 0 amide bonds. The van der Waals surface area contributed by atoms with Crippen LogP contribution in [0.25, 0.3) is 5.57 Å². The molecular weight excluding hydrogens is 282 g/mol. The van der Waals surface area contributed by atoms with Crippen LogP contribution in [0.4, 0.5) is 0 Å². The zero-order valence-electron chi connectivity index (χ0n) is 11.8. The molecule has 1 aromatic carbocycles. The second-order valence-corrected chi connectivity index (χ2v) is 5.25. The van der Waals surface area contributed by atoms with Crippen LogP contribution >= 0.6 is 11.6 Å². The molecule has 0 unspecified atom stereocenters. The zero-order chi connectivity index (χ0) is 14.9. The van der Waals surface area contributed by atoms with E-state index < -0.39 is 0 Å². The number of pyridine rings is 1. The fourth-order valence-corrected chi connectivity index (χ4v) is 2.33. The third-order valence-electron chi connectivity index (χ3n) is 3.23. The van der Waals surface area contributed by atoms with Gasteiger partial charge in [0.25, 0.3) is 0 Å². The number of carbonyl (C=O) groups excluding carboxylic acids is 1. The van der Waals surface area contributed by atoms with Gasteiger partial charge in [-0.2, -0.15) is 0 Å². The van der Waals surface area contributed by atoms with Gasteiger partial charge < -0.3 is 0 Å². The van der Waals surface area contributed by atoms with E-state index in [4.69, 9.17) is 11.6 Å². The lowest BCUT2D eigenvalue weighted by Crippen LogP contribution is -1.90. The first kappa shape index (κ1) is 15.5. The number of benzene rings is 1. The van der Waals surface area contributed by atoms with Gasteiger partial charge in [-0.05, 0) is 48.1 Å². The van der Waals surface area contributed by atoms with Gasteiger partial charge in [-0.15, -0.1) is 0 Å². The molecule has 0 aliphatic heterocycles. The Morgan fingerprint density at radius 2 is 1.81 bits per heavy atom. The third kappa shape index (κ3) is 5.16. The zero-order valence-corrected chi connectivity index (χ0v) is 12.6. The molecule has 2 rings (SSSR count). The highest BCUT2D eigenvalue weighted by Gasteiger charge is 2.04. The molecule has 0 N–H and O–H groups in total. The van der Waals surface area contributed by atoms with Gasteiger partial charge in [0.05, 0.1) is 0 Å². The maximum atomic E-state index is 10.7. The van der Waals surface area contributed by atoms with Crippen molar-refractivity contribution in [2.24, 2.45) is 0 Å². The Morgan fingerprint density at radius 1 is 1.05 bits per heavy atom. The molecule has 0 saturated heterocycles. The van der Waals surface area contributed by atoms with Gasteiger partial charge >= 0.3 is 0 Å². The van der Waals surface area contributed by atoms with E-state index in [0.29, 0.717) is 6.42 Å². The van der Waals surface area contributed by atoms with Crippen LogP contribution in [-0.4, -0.2) is 10.2 Å². The lowest BCUT2D eigenvalue weighted by Gasteiger charge is -2.08. The summed E-state index contributed by atoms with van der Waals surface area (Å²) in [6.07, 6.45) is 9.01. The Kier molecular flexibility index (Phi) is 6.17. The Hall–Kier alpha value is -1.93. The number of aromatic nitrogens is 1. The van der Waals surface area contributed by atoms with Crippen molar-refractivity contribution in [2.45, 2.75) is 25.7 Å². The predicted molar refractivity (Wildman–Crippen MR) is 87.1 cm³/mol. The molecule has 21 heavy (non-hydrogen) atoms. The molecule has 0 fully saturated rings. The summed E-state index contributed by atoms with van der Waals surface area (Å²) >= 11 is 5.35. The molecule has 3 heteroatoms. The summed E-state index contributed by atoms with van der Waals surface area (Å²) in [6, 6.07) is 14.3. The minimum Gasteiger partial charge on any atom is -0.281 e. The van der Waals surface area contributed by atoms with E-state index in [-0.39, 0.29) is 5.24 Å². The van der Waals surface area contributed by atoms with Crippen LogP contribution in [0.5, 0.6) is 0 Å². The van der Waals surface area contributed by atoms with Crippen molar-refractivity contribution >= 4 is 22.4 Å². The summed E-state index contributed by atoms with van der Waals surface area (Å²) < 4.78 is 0. The first-order valence-electron chi connectivity index (χ1n) is 7.11. The monoisotopic (exact) mass is 299 g/mol. The SMILES string of the molecule is O=C(Cl)CCCCC=C(c1ccccc1)c1cccnc1. The van der Waals surface area contributed by atoms with Crippen LogP contribution in [0.15, 0.2) is 60.9 Å². The maximum absolute atomic E-state index is 10.7. The molecule has 108 valence electrons. The van der Waals surface area contributed by atoms with E-state index in [1.807, 2.05) is 30.5 Å². The summed E-state index contributed by atoms with van der Waals surface area (Å²) in [5.74, 6) is 0. The van der Waals surface area contributed by atoms with Crippen LogP contribution < -0.4 is 0 Å². The van der Waals surface area contributed by atoms with E-state index in [9.17, 15) is 4.79 Å². The number of halogens is 1. The summed E-state index contributed by atoms with van der Waals surface area (Å²) in [4.78, 5) is 14.9. The van der Waals surface area contributed by atoms with E-state index in [2.05, 4.69) is 29.3 Å². The van der Waals surface area contributed by atoms with Crippen LogP contribution in [0.3, 0.4) is 0 Å². The molecule has 2 nitrogen and oxygen atoms in total. The average molecular weight is 300 g/mol. The lowest BCUT2D eigenvalue weighted by atomic mass is 9.97. The molecule has 1 heterocycles. The molecular formula is C18H18ClNO. The number of allylic oxidation sites excluding steroid dienone is 1. The number of hydrogen-bond acceptors (Lipinski definition) is 2. The summed E-state index contributed by atoms with van der Waals surface area (Å²) in [7, 11) is 0. The van der Waals surface area contributed by atoms with Gasteiger partial charge in [-0.3, -0.25) is 9.78 Å². The third-order valence-corrected chi connectivity index (χ3v) is 3.42. The molecule has 0 bridgehead atoms. The number of nitrogens with zero attached hydrogens (tertiary/aromatic N) is 1. The second kappa shape index (κ2) is 8.38. The number of hydrogen-bond donors (Lipinski definition) is 0. The van der Waals surface area contributed by atoms with Crippen LogP contribution in [0, 0.1) is 0 Å². The quantitative estimate of drug-likeness (QED) is 0.541. The molecule has 1 aromatic heterocycles. The predicted octanol–water partition coefficient (Wildman–Crippen LogP) is 4.84. The lowest BCUT2D eigenvalue weighted by molar-refractivity contribution is -0.111. The van der Waals surface area contributed by atoms with Gasteiger partial charge in [-0.25, -0.2) is 0 Å². The first-order chi connectivity index (χ1) is 10.3. The number of carbonyl (C=O) groups is 1. The fourth-order valence-electron chi connectivity index (χ4n) is 2.20. The Balaban J connectivity index is 2.11. The van der Waals surface area contributed by atoms with E-state index in [1.54, 1.807) is 6.20 Å². The van der Waals surface area contributed by atoms with Crippen LogP contribution in [0.2, 0.25) is 0 Å². The van der Waals surface area contributed by atoms with Gasteiger partial charge in [0.2, 0.25) is 5.24 Å². The Labute approximate surface area is 130 Å². The molecule has 0 aliphatic carbocycles. The average Bonchev–Trinajstić information content (AvgIpc) is 2.52. The van der Waals surface area contributed by atoms with Crippen molar-refractivity contribution in [2.75, 3.05) is 0 Å². The largest absolute Gasteiger partial charge is 0.281 e. The highest BCUT2D eigenvalue weighted by Crippen LogP contribution is 2.23. The van der Waals surface area contributed by atoms with Crippen molar-refractivity contribution in [3.63, 3.8) is 0 Å². The van der Waals surface area contributed by atoms with Gasteiger partial charge in [0.1, 0.15) is 0 Å². The normalized spacial score (nSPS) is 11.4. The Bertz CT molecular complexity index is 552. The van der Waals surface area contributed by atoms with E-state index in [0.717, 1.165) is 24.8 Å². The van der Waals surface area contributed by atoms with Gasteiger partial charge in [-0.1, -0.05) is 42.5 Å². The summed E-state index contributed by atoms with van der Waals surface area (Å²) in [6.45, 7) is 0. The summed E-state index contributed by atoms with van der Waals surface area (Å²) in [5.41, 5.74) is 3.47. The van der Waals surface area contributed by atoms with Crippen molar-refractivity contribution in [3.05, 3.63) is 72.1 Å². The minimum atomic E-state index is -0.255. The minimum absolute atomic E-state index is 0.255. The van der Waals surface area contributed by atoms with E-state index in [1.165, 1.54) is 11.1 Å². The molecule has 2 aromatic rings. The van der Waals surface area contributed by atoms with Gasteiger partial charge in [0, 0.05) is 24.4 Å². The van der Waals surface area contributed by atoms with Crippen molar-refractivity contribution in [3.8, 4) is 0 Å². The van der Waals surface area contributed by atoms with E-state index >= 15 is 0 Å². The fraction of sp³-hybridized carbons (Fsp3) is 0.222. The number of unbranched alkanes of at least 4 members (excludes halogenated alkanes) is 2. The second-order valence-electron chi connectivity index (χ2n) is 4.83. The molecule has 0 radical (unpaired) electrons. The van der Waals surface area contributed by atoms with Crippen molar-refractivity contribution in [1.29, 1.82) is 0 Å². The number of rotatable bonds is 7. The first-order valence-corrected chi connectivity index (χ1v) is 7.49. The van der Waals surface area contributed by atoms with Crippen LogP contribution in [-0.2, 0) is 4.79 Å². The van der Waals surface area contributed by atoms with Crippen molar-refractivity contribution < 1.29 is 4.79 Å². The standard InChI is InChI=1S/C18H18ClNO/c19-18(21)12-6-2-5-11-17(15-8-3-1-4-9-15)16-10-7-13-20-14-16/h1,3-4,7-11,13-14H,2,5-6,12H2. The topological polar surface area (TPSA) is 30.0 Å². The highest BCUT2D eigenvalue weighted by molar-refractivity contribution is 6.63.